The molecule has 0 aromatic carbocycles. The van der Waals surface area contributed by atoms with Crippen LogP contribution in [0.5, 0.6) is 11.8 Å². The van der Waals surface area contributed by atoms with Crippen LogP contribution in [0.4, 0.5) is 0 Å². The number of likely N-dealkylation sites (N-methyl/N-ethyl adjacent to an activating group) is 1. The number of Topliss-reactive ketones (excluding diaryl/α,β-unsaturated/α-hetero) is 1. The van der Waals surface area contributed by atoms with Crippen molar-refractivity contribution < 1.29 is 15.0 Å². The number of nitrogens with one attached hydrogen (secondary N) is 1. The maximum Gasteiger partial charge on any atom is 0.194 e. The highest BCUT2D eigenvalue weighted by Gasteiger charge is 2.09. The first-order valence-electron chi connectivity index (χ1n) is 3.89. The van der Waals surface area contributed by atoms with Crippen LogP contribution in [0.15, 0.2) is 12.1 Å². The van der Waals surface area contributed by atoms with Gasteiger partial charge >= 0.3 is 0 Å². The Bertz CT molecular complexity index is 287. The molecule has 0 spiro atoms. The van der Waals surface area contributed by atoms with E-state index in [-0.39, 0.29) is 30.6 Å². The minimum Gasteiger partial charge on any atom is -0.494 e. The van der Waals surface area contributed by atoms with Crippen molar-refractivity contribution in [3.05, 3.63) is 12.1 Å². The fraction of sp³-hybridized carbons (Fsp3) is 0.375. The van der Waals surface area contributed by atoms with Gasteiger partial charge < -0.3 is 15.5 Å². The highest BCUT2D eigenvalue weighted by atomic mass is 16.3. The minimum atomic E-state index is -0.109. The standard InChI is InChI=1S/C8H12N2O3/c1-9-4-6(11)5-10-7(12)2-3-8(10)13/h2-3,9,12-13H,4-5H2,1H3. The average Bonchev–Trinajstić information content (AvgIpc) is 2.36. The third kappa shape index (κ3) is 2.22. The largest absolute Gasteiger partial charge is 0.494 e. The molecular formula is C8H12N2O3. The molecule has 1 aromatic rings. The van der Waals surface area contributed by atoms with Gasteiger partial charge in [-0.1, -0.05) is 0 Å². The molecule has 0 unspecified atom stereocenters. The Morgan fingerprint density at radius 2 is 2.00 bits per heavy atom. The van der Waals surface area contributed by atoms with Crippen LogP contribution in [0.25, 0.3) is 0 Å². The van der Waals surface area contributed by atoms with Gasteiger partial charge in [0.2, 0.25) is 0 Å². The summed E-state index contributed by atoms with van der Waals surface area (Å²) in [6.45, 7) is 0.197. The number of rotatable bonds is 4. The van der Waals surface area contributed by atoms with E-state index in [0.717, 1.165) is 4.57 Å². The first kappa shape index (κ1) is 9.60. The highest BCUT2D eigenvalue weighted by molar-refractivity contribution is 5.80. The predicted molar refractivity (Wildman–Crippen MR) is 46.7 cm³/mol. The molecular weight excluding hydrogens is 172 g/mol. The molecule has 0 radical (unpaired) electrons. The quantitative estimate of drug-likeness (QED) is 0.600. The van der Waals surface area contributed by atoms with Crippen LogP contribution in [0, 0.1) is 0 Å². The summed E-state index contributed by atoms with van der Waals surface area (Å²) in [5, 5.41) is 21.1. The lowest BCUT2D eigenvalue weighted by atomic mass is 10.4. The van der Waals surface area contributed by atoms with Crippen LogP contribution in [0.1, 0.15) is 0 Å². The van der Waals surface area contributed by atoms with Crippen LogP contribution in [-0.4, -0.2) is 34.2 Å². The molecule has 1 heterocycles. The number of aromatic nitrogens is 1. The molecule has 5 nitrogen and oxygen atoms in total. The summed E-state index contributed by atoms with van der Waals surface area (Å²) in [5.74, 6) is -0.326. The number of aromatic hydroxyl groups is 2. The molecule has 5 heteroatoms. The number of nitrogens with zero attached hydrogens (tertiary/aromatic N) is 1. The van der Waals surface area contributed by atoms with Gasteiger partial charge in [0.15, 0.2) is 17.5 Å². The zero-order valence-corrected chi connectivity index (χ0v) is 7.32. The molecule has 0 saturated heterocycles. The topological polar surface area (TPSA) is 74.5 Å². The second kappa shape index (κ2) is 3.95. The molecule has 0 saturated carbocycles. The molecule has 72 valence electrons. The van der Waals surface area contributed by atoms with Gasteiger partial charge in [0, 0.05) is 12.1 Å². The van der Waals surface area contributed by atoms with E-state index in [1.807, 2.05) is 0 Å². The Morgan fingerprint density at radius 1 is 1.46 bits per heavy atom. The van der Waals surface area contributed by atoms with Crippen LogP contribution in [-0.2, 0) is 11.3 Å². The first-order chi connectivity index (χ1) is 6.15. The van der Waals surface area contributed by atoms with Crippen molar-refractivity contribution in [2.45, 2.75) is 6.54 Å². The third-order valence-corrected chi connectivity index (χ3v) is 1.64. The normalized spacial score (nSPS) is 10.2. The Hall–Kier alpha value is -1.49. The molecule has 1 aromatic heterocycles. The van der Waals surface area contributed by atoms with E-state index in [0.29, 0.717) is 0 Å². The van der Waals surface area contributed by atoms with Gasteiger partial charge in [0.1, 0.15) is 0 Å². The summed E-state index contributed by atoms with van der Waals surface area (Å²) in [7, 11) is 1.66. The Labute approximate surface area is 75.6 Å². The van der Waals surface area contributed by atoms with Crippen molar-refractivity contribution >= 4 is 5.78 Å². The molecule has 0 aliphatic rings. The second-order valence-corrected chi connectivity index (χ2v) is 2.70. The van der Waals surface area contributed by atoms with Crippen molar-refractivity contribution in [2.75, 3.05) is 13.6 Å². The molecule has 0 atom stereocenters. The summed E-state index contributed by atoms with van der Waals surface area (Å²) < 4.78 is 1.14. The Balaban J connectivity index is 2.68. The highest BCUT2D eigenvalue weighted by Crippen LogP contribution is 2.20. The summed E-state index contributed by atoms with van der Waals surface area (Å²) in [6.07, 6.45) is 0. The van der Waals surface area contributed by atoms with E-state index in [1.165, 1.54) is 12.1 Å². The van der Waals surface area contributed by atoms with E-state index in [9.17, 15) is 15.0 Å². The summed E-state index contributed by atoms with van der Waals surface area (Å²) in [4.78, 5) is 11.1. The summed E-state index contributed by atoms with van der Waals surface area (Å²) >= 11 is 0. The van der Waals surface area contributed by atoms with Gasteiger partial charge in [0.05, 0.1) is 13.1 Å². The van der Waals surface area contributed by atoms with Crippen molar-refractivity contribution in [3.63, 3.8) is 0 Å². The van der Waals surface area contributed by atoms with Gasteiger partial charge in [-0.2, -0.15) is 0 Å². The maximum absolute atomic E-state index is 11.1. The number of hydrogen-bond donors (Lipinski definition) is 3. The lowest BCUT2D eigenvalue weighted by Gasteiger charge is -2.04. The number of carbonyl (C=O) groups excluding carboxylic acids is 1. The fourth-order valence-corrected chi connectivity index (χ4v) is 1.04. The lowest BCUT2D eigenvalue weighted by molar-refractivity contribution is -0.118. The van der Waals surface area contributed by atoms with Crippen molar-refractivity contribution in [1.82, 2.24) is 9.88 Å². The van der Waals surface area contributed by atoms with Crippen molar-refractivity contribution in [1.29, 1.82) is 0 Å². The molecule has 0 bridgehead atoms. The number of hydrogen-bond acceptors (Lipinski definition) is 4. The first-order valence-corrected chi connectivity index (χ1v) is 3.89. The zero-order valence-electron chi connectivity index (χ0n) is 7.32. The van der Waals surface area contributed by atoms with E-state index in [1.54, 1.807) is 7.05 Å². The molecule has 0 fully saturated rings. The Morgan fingerprint density at radius 3 is 2.46 bits per heavy atom. The third-order valence-electron chi connectivity index (χ3n) is 1.64. The monoisotopic (exact) mass is 184 g/mol. The molecule has 0 amide bonds. The van der Waals surface area contributed by atoms with Crippen molar-refractivity contribution in [2.24, 2.45) is 0 Å². The molecule has 3 N–H and O–H groups in total. The van der Waals surface area contributed by atoms with Crippen molar-refractivity contribution in [3.8, 4) is 11.8 Å². The Kier molecular flexibility index (Phi) is 2.92. The number of ketones is 1. The predicted octanol–water partition coefficient (Wildman–Crippen LogP) is -0.312. The van der Waals surface area contributed by atoms with Crippen LogP contribution < -0.4 is 5.32 Å². The van der Waals surface area contributed by atoms with E-state index < -0.39 is 0 Å². The second-order valence-electron chi connectivity index (χ2n) is 2.70. The lowest BCUT2D eigenvalue weighted by Crippen LogP contribution is -2.22. The molecule has 0 aliphatic heterocycles. The van der Waals surface area contributed by atoms with Gasteiger partial charge in [-0.3, -0.25) is 9.36 Å². The summed E-state index contributed by atoms with van der Waals surface area (Å²) in [5.41, 5.74) is 0. The zero-order chi connectivity index (χ0) is 9.84. The number of carbonyl (C=O) groups is 1. The molecule has 0 aliphatic carbocycles. The maximum atomic E-state index is 11.1. The summed E-state index contributed by atoms with van der Waals surface area (Å²) in [6, 6.07) is 2.67. The molecule has 13 heavy (non-hydrogen) atoms. The van der Waals surface area contributed by atoms with Gasteiger partial charge in [0.25, 0.3) is 0 Å². The van der Waals surface area contributed by atoms with E-state index >= 15 is 0 Å². The van der Waals surface area contributed by atoms with Crippen LogP contribution in [0.2, 0.25) is 0 Å². The fourth-order valence-electron chi connectivity index (χ4n) is 1.04. The SMILES string of the molecule is CNCC(=O)Cn1c(O)ccc1O. The smallest absolute Gasteiger partial charge is 0.194 e. The van der Waals surface area contributed by atoms with Crippen LogP contribution >= 0.6 is 0 Å². The molecule has 1 rings (SSSR count). The van der Waals surface area contributed by atoms with Gasteiger partial charge in [-0.15, -0.1) is 0 Å². The van der Waals surface area contributed by atoms with E-state index in [4.69, 9.17) is 0 Å². The van der Waals surface area contributed by atoms with Gasteiger partial charge in [-0.05, 0) is 7.05 Å². The van der Waals surface area contributed by atoms with Crippen LogP contribution in [0.3, 0.4) is 0 Å². The van der Waals surface area contributed by atoms with Gasteiger partial charge in [-0.25, -0.2) is 0 Å². The average molecular weight is 184 g/mol. The van der Waals surface area contributed by atoms with E-state index in [2.05, 4.69) is 5.32 Å². The minimum absolute atomic E-state index is 0.0223.